The summed E-state index contributed by atoms with van der Waals surface area (Å²) < 4.78 is 9.96. The Balaban J connectivity index is 1.40. The molecule has 7 nitrogen and oxygen atoms in total. The molecule has 58 heavy (non-hydrogen) atoms. The molecule has 0 atom stereocenters. The van der Waals surface area contributed by atoms with Crippen LogP contribution < -0.4 is 19.2 Å². The van der Waals surface area contributed by atoms with Gasteiger partial charge in [-0.3, -0.25) is 0 Å². The number of benzene rings is 5. The molecule has 2 aliphatic heterocycles. The lowest BCUT2D eigenvalue weighted by molar-refractivity contribution is -0.735. The minimum atomic E-state index is -0.595. The summed E-state index contributed by atoms with van der Waals surface area (Å²) in [6, 6.07) is 32.0. The average molecular weight is 771 g/mol. The van der Waals surface area contributed by atoms with Crippen molar-refractivity contribution in [2.75, 3.05) is 23.5 Å². The fourth-order valence-electron chi connectivity index (χ4n) is 9.67. The van der Waals surface area contributed by atoms with E-state index in [-0.39, 0.29) is 21.7 Å². The van der Waals surface area contributed by atoms with E-state index in [0.29, 0.717) is 0 Å². The van der Waals surface area contributed by atoms with Gasteiger partial charge >= 0.3 is 0 Å². The SMILES string of the molecule is CN1CN2c3cc(Oc4cccc(-n5[c-][n+](C)nn5)c4)ccc3C3(c4cccc1c42)c1c(cc(C(C)(C)C)cc1C(C)(C)C)-c1cc(C(C)(C)C)cc(C(C)(C)C)c13. The van der Waals surface area contributed by atoms with Gasteiger partial charge in [-0.2, -0.15) is 0 Å². The van der Waals surface area contributed by atoms with Crippen LogP contribution in [0, 0.1) is 6.33 Å². The molecule has 1 spiro atoms. The third-order valence-corrected chi connectivity index (χ3v) is 12.6. The number of tetrazole rings is 1. The van der Waals surface area contributed by atoms with Crippen LogP contribution in [0.15, 0.2) is 84.9 Å². The molecule has 1 aromatic heterocycles. The Kier molecular flexibility index (Phi) is 8.08. The molecule has 298 valence electrons. The lowest BCUT2D eigenvalue weighted by atomic mass is 9.59. The van der Waals surface area contributed by atoms with Crippen LogP contribution in [0.25, 0.3) is 16.8 Å². The number of ether oxygens (including phenoxy) is 1. The van der Waals surface area contributed by atoms with Crippen molar-refractivity contribution in [2.45, 2.75) is 110 Å². The summed E-state index contributed by atoms with van der Waals surface area (Å²) in [5, 5.41) is 8.29. The number of rotatable bonds is 3. The Morgan fingerprint density at radius 2 is 1.22 bits per heavy atom. The van der Waals surface area contributed by atoms with Crippen LogP contribution in [0.3, 0.4) is 0 Å². The van der Waals surface area contributed by atoms with E-state index in [4.69, 9.17) is 4.74 Å². The molecule has 0 bridgehead atoms. The zero-order valence-corrected chi connectivity index (χ0v) is 36.9. The van der Waals surface area contributed by atoms with Crippen LogP contribution in [0.5, 0.6) is 11.5 Å². The Hall–Kier alpha value is -5.43. The van der Waals surface area contributed by atoms with E-state index in [9.17, 15) is 0 Å². The van der Waals surface area contributed by atoms with Crippen LogP contribution in [0.1, 0.15) is 128 Å². The third-order valence-electron chi connectivity index (χ3n) is 12.6. The van der Waals surface area contributed by atoms with Crippen molar-refractivity contribution in [2.24, 2.45) is 7.05 Å². The van der Waals surface area contributed by atoms with Crippen molar-refractivity contribution in [1.82, 2.24) is 15.1 Å². The molecule has 0 unspecified atom stereocenters. The minimum Gasteiger partial charge on any atom is -0.459 e. The van der Waals surface area contributed by atoms with Crippen molar-refractivity contribution in [3.63, 3.8) is 0 Å². The highest BCUT2D eigenvalue weighted by Crippen LogP contribution is 2.68. The third kappa shape index (κ3) is 5.63. The fourth-order valence-corrected chi connectivity index (χ4v) is 9.67. The minimum absolute atomic E-state index is 0.0371. The van der Waals surface area contributed by atoms with E-state index in [2.05, 4.69) is 177 Å². The molecular weight excluding hydrogens is 713 g/mol. The van der Waals surface area contributed by atoms with Gasteiger partial charge in [0.2, 0.25) is 0 Å². The summed E-state index contributed by atoms with van der Waals surface area (Å²) in [6.45, 7) is 29.3. The maximum Gasteiger partial charge on any atom is 0.133 e. The van der Waals surface area contributed by atoms with E-state index in [1.54, 1.807) is 9.36 Å². The number of para-hydroxylation sites is 1. The summed E-state index contributed by atoms with van der Waals surface area (Å²) in [6.07, 6.45) is 3.10. The summed E-state index contributed by atoms with van der Waals surface area (Å²) in [5.41, 5.74) is 17.3. The molecule has 0 fully saturated rings. The van der Waals surface area contributed by atoms with Gasteiger partial charge in [0, 0.05) is 13.1 Å². The maximum atomic E-state index is 6.77. The smallest absolute Gasteiger partial charge is 0.133 e. The standard InChI is InChI=1S/C51H58N6O/c1-47(2,3)31-23-36-37-24-32(48(4,5)6)26-41(50(10,11)12)45(37)51(44(36)40(25-31)49(7,8)9)38-22-21-35(58-34-18-15-17-33(27-34)57-30-55(14)52-53-57)28-43(38)56-29-54(13)42-20-16-19-39(51)46(42)56/h15-28H,29H2,1-14H3. The van der Waals surface area contributed by atoms with Crippen molar-refractivity contribution >= 4 is 17.1 Å². The van der Waals surface area contributed by atoms with Gasteiger partial charge in [-0.1, -0.05) is 138 Å². The molecule has 5 aromatic carbocycles. The van der Waals surface area contributed by atoms with E-state index < -0.39 is 5.41 Å². The molecule has 3 aliphatic rings. The normalized spacial score (nSPS) is 15.4. The summed E-state index contributed by atoms with van der Waals surface area (Å²) >= 11 is 0. The predicted octanol–water partition coefficient (Wildman–Crippen LogP) is 11.1. The second-order valence-electron chi connectivity index (χ2n) is 21.0. The fraction of sp³-hybridized carbons (Fsp3) is 0.392. The number of aryl methyl sites for hydroxylation is 1. The molecule has 7 heteroatoms. The molecule has 0 saturated heterocycles. The van der Waals surface area contributed by atoms with Gasteiger partial charge in [0.25, 0.3) is 0 Å². The predicted molar refractivity (Wildman–Crippen MR) is 235 cm³/mol. The Morgan fingerprint density at radius 3 is 1.78 bits per heavy atom. The monoisotopic (exact) mass is 770 g/mol. The topological polar surface area (TPSA) is 50.3 Å². The Labute approximate surface area is 345 Å². The van der Waals surface area contributed by atoms with Crippen LogP contribution in [-0.2, 0) is 34.1 Å². The molecule has 0 amide bonds. The Morgan fingerprint density at radius 1 is 0.638 bits per heavy atom. The first-order valence-corrected chi connectivity index (χ1v) is 20.7. The second kappa shape index (κ2) is 12.3. The molecular formula is C51H58N6O. The number of aromatic nitrogens is 4. The molecule has 0 N–H and O–H groups in total. The Bertz CT molecular complexity index is 2570. The van der Waals surface area contributed by atoms with Gasteiger partial charge in [0.05, 0.1) is 41.4 Å². The zero-order chi connectivity index (χ0) is 41.5. The number of nitrogens with zero attached hydrogens (tertiary/aromatic N) is 6. The first-order valence-electron chi connectivity index (χ1n) is 20.7. The van der Waals surface area contributed by atoms with Crippen molar-refractivity contribution < 1.29 is 9.42 Å². The highest BCUT2D eigenvalue weighted by atomic mass is 16.5. The summed E-state index contributed by atoms with van der Waals surface area (Å²) in [5.74, 6) is 1.51. The highest BCUT2D eigenvalue weighted by Gasteiger charge is 2.57. The number of hydrogen-bond acceptors (Lipinski definition) is 5. The van der Waals surface area contributed by atoms with Gasteiger partial charge < -0.3 is 14.5 Å². The van der Waals surface area contributed by atoms with Crippen LogP contribution in [-0.4, -0.2) is 28.8 Å². The van der Waals surface area contributed by atoms with Crippen molar-refractivity contribution in [3.8, 4) is 28.3 Å². The van der Waals surface area contributed by atoms with Crippen LogP contribution in [0.2, 0.25) is 0 Å². The van der Waals surface area contributed by atoms with Gasteiger partial charge in [0.1, 0.15) is 23.0 Å². The molecule has 0 radical (unpaired) electrons. The van der Waals surface area contributed by atoms with Gasteiger partial charge in [-0.05, 0) is 101 Å². The van der Waals surface area contributed by atoms with E-state index >= 15 is 0 Å². The first kappa shape index (κ1) is 38.1. The largest absolute Gasteiger partial charge is 0.459 e. The quantitative estimate of drug-likeness (QED) is 0.132. The number of fused-ring (bicyclic) bond motifs is 9. The van der Waals surface area contributed by atoms with E-state index in [0.717, 1.165) is 23.9 Å². The highest BCUT2D eigenvalue weighted by molar-refractivity contribution is 6.00. The first-order chi connectivity index (χ1) is 27.1. The average Bonchev–Trinajstić information content (AvgIpc) is 3.81. The molecule has 6 aromatic rings. The van der Waals surface area contributed by atoms with Crippen LogP contribution >= 0.6 is 0 Å². The van der Waals surface area contributed by atoms with Gasteiger partial charge in [-0.25, -0.2) is 9.36 Å². The number of anilines is 3. The van der Waals surface area contributed by atoms with Gasteiger partial charge in [0.15, 0.2) is 0 Å². The van der Waals surface area contributed by atoms with Gasteiger partial charge in [-0.15, -0.1) is 6.07 Å². The molecule has 0 saturated carbocycles. The van der Waals surface area contributed by atoms with Crippen molar-refractivity contribution in [1.29, 1.82) is 0 Å². The van der Waals surface area contributed by atoms with Crippen LogP contribution in [0.4, 0.5) is 17.1 Å². The maximum absolute atomic E-state index is 6.77. The lowest BCUT2D eigenvalue weighted by Gasteiger charge is -2.46. The van der Waals surface area contributed by atoms with Crippen molar-refractivity contribution in [3.05, 3.63) is 136 Å². The number of hydrogen-bond donors (Lipinski definition) is 0. The zero-order valence-electron chi connectivity index (χ0n) is 36.9. The molecule has 9 rings (SSSR count). The lowest BCUT2D eigenvalue weighted by Crippen LogP contribution is -2.40. The summed E-state index contributed by atoms with van der Waals surface area (Å²) in [4.78, 5) is 4.92. The van der Waals surface area contributed by atoms with E-state index in [1.165, 1.54) is 72.7 Å². The second-order valence-corrected chi connectivity index (χ2v) is 21.0. The summed E-state index contributed by atoms with van der Waals surface area (Å²) in [7, 11) is 4.03. The molecule has 3 heterocycles. The van der Waals surface area contributed by atoms with E-state index in [1.807, 2.05) is 31.3 Å². The molecule has 1 aliphatic carbocycles.